The minimum absolute atomic E-state index is 1.09. The van der Waals surface area contributed by atoms with Gasteiger partial charge in [-0.25, -0.2) is 0 Å². The quantitative estimate of drug-likeness (QED) is 0.847. The molecule has 1 aliphatic heterocycles. The van der Waals surface area contributed by atoms with Crippen LogP contribution in [-0.4, -0.2) is 40.3 Å². The number of hydrogen-bond acceptors (Lipinski definition) is 3. The van der Waals surface area contributed by atoms with Crippen molar-refractivity contribution in [3.8, 4) is 0 Å². The van der Waals surface area contributed by atoms with Crippen LogP contribution in [-0.2, 0) is 0 Å². The van der Waals surface area contributed by atoms with Gasteiger partial charge in [0.05, 0.1) is 0 Å². The lowest BCUT2D eigenvalue weighted by molar-refractivity contribution is 0.589. The molecule has 1 aromatic rings. The minimum atomic E-state index is 1.09. The van der Waals surface area contributed by atoms with Gasteiger partial charge in [0, 0.05) is 51.6 Å². The van der Waals surface area contributed by atoms with Crippen LogP contribution in [0.15, 0.2) is 24.3 Å². The third-order valence-electron chi connectivity index (χ3n) is 2.83. The first-order valence-corrected chi connectivity index (χ1v) is 6.50. The molecule has 1 N–H and O–H groups in total. The van der Waals surface area contributed by atoms with E-state index in [-0.39, 0.29) is 0 Å². The summed E-state index contributed by atoms with van der Waals surface area (Å²) in [6, 6.07) is 8.72. The fraction of sp³-hybridized carbons (Fsp3) is 0.571. The Kier molecular flexibility index (Phi) is 5.84. The Bertz CT molecular complexity index is 317. The van der Waals surface area contributed by atoms with Gasteiger partial charge in [-0.05, 0) is 18.2 Å². The van der Waals surface area contributed by atoms with Crippen LogP contribution in [0.2, 0.25) is 0 Å². The zero-order valence-corrected chi connectivity index (χ0v) is 11.5. The van der Waals surface area contributed by atoms with Crippen molar-refractivity contribution in [2.24, 2.45) is 0 Å². The molecule has 3 nitrogen and oxygen atoms in total. The maximum atomic E-state index is 3.37. The molecule has 0 atom stereocenters. The van der Waals surface area contributed by atoms with Crippen molar-refractivity contribution in [1.82, 2.24) is 5.32 Å². The summed E-state index contributed by atoms with van der Waals surface area (Å²) in [6.45, 7) is 8.39. The molecule has 17 heavy (non-hydrogen) atoms. The van der Waals surface area contributed by atoms with Gasteiger partial charge in [-0.15, -0.1) is 0 Å². The van der Waals surface area contributed by atoms with Crippen molar-refractivity contribution < 1.29 is 0 Å². The number of nitrogens with zero attached hydrogens (tertiary/aromatic N) is 2. The van der Waals surface area contributed by atoms with E-state index in [1.807, 2.05) is 13.8 Å². The van der Waals surface area contributed by atoms with Crippen molar-refractivity contribution in [1.29, 1.82) is 0 Å². The van der Waals surface area contributed by atoms with Gasteiger partial charge >= 0.3 is 0 Å². The highest BCUT2D eigenvalue weighted by Gasteiger charge is 2.10. The lowest BCUT2D eigenvalue weighted by Crippen LogP contribution is -2.43. The molecular formula is C14H25N3. The molecule has 0 bridgehead atoms. The van der Waals surface area contributed by atoms with E-state index in [0.717, 1.165) is 26.2 Å². The molecule has 1 heterocycles. The molecule has 0 radical (unpaired) electrons. The SMILES string of the molecule is CC.CN(C)c1cccc(N2CCNCC2)c1. The monoisotopic (exact) mass is 235 g/mol. The maximum Gasteiger partial charge on any atom is 0.0387 e. The Morgan fingerprint density at radius 1 is 1.12 bits per heavy atom. The van der Waals surface area contributed by atoms with E-state index in [0.29, 0.717) is 0 Å². The van der Waals surface area contributed by atoms with Gasteiger partial charge in [0.25, 0.3) is 0 Å². The molecule has 0 saturated carbocycles. The van der Waals surface area contributed by atoms with Crippen LogP contribution < -0.4 is 15.1 Å². The minimum Gasteiger partial charge on any atom is -0.378 e. The summed E-state index contributed by atoms with van der Waals surface area (Å²) >= 11 is 0. The number of piperazine rings is 1. The number of anilines is 2. The van der Waals surface area contributed by atoms with Gasteiger partial charge in [-0.3, -0.25) is 0 Å². The number of hydrogen-bond donors (Lipinski definition) is 1. The largest absolute Gasteiger partial charge is 0.378 e. The van der Waals surface area contributed by atoms with Crippen molar-refractivity contribution >= 4 is 11.4 Å². The van der Waals surface area contributed by atoms with E-state index < -0.39 is 0 Å². The second-order valence-corrected chi connectivity index (χ2v) is 4.15. The van der Waals surface area contributed by atoms with Crippen molar-refractivity contribution in [3.05, 3.63) is 24.3 Å². The topological polar surface area (TPSA) is 18.5 Å². The molecule has 0 amide bonds. The predicted octanol–water partition coefficient (Wildman–Crippen LogP) is 2.19. The summed E-state index contributed by atoms with van der Waals surface area (Å²) in [5.74, 6) is 0. The van der Waals surface area contributed by atoms with Gasteiger partial charge in [0.15, 0.2) is 0 Å². The van der Waals surface area contributed by atoms with Crippen LogP contribution in [0.25, 0.3) is 0 Å². The molecular weight excluding hydrogens is 210 g/mol. The lowest BCUT2D eigenvalue weighted by atomic mass is 10.2. The molecule has 0 aliphatic carbocycles. The van der Waals surface area contributed by atoms with Crippen LogP contribution in [0, 0.1) is 0 Å². The zero-order valence-electron chi connectivity index (χ0n) is 11.5. The normalized spacial score (nSPS) is 14.9. The zero-order chi connectivity index (χ0) is 12.7. The first-order valence-electron chi connectivity index (χ1n) is 6.50. The molecule has 3 heteroatoms. The van der Waals surface area contributed by atoms with Crippen LogP contribution in [0.1, 0.15) is 13.8 Å². The molecule has 1 saturated heterocycles. The summed E-state index contributed by atoms with van der Waals surface area (Å²) in [6.07, 6.45) is 0. The smallest absolute Gasteiger partial charge is 0.0387 e. The summed E-state index contributed by atoms with van der Waals surface area (Å²) in [5.41, 5.74) is 2.61. The summed E-state index contributed by atoms with van der Waals surface area (Å²) < 4.78 is 0. The molecule has 1 aromatic carbocycles. The Labute approximate surface area is 105 Å². The molecule has 0 aromatic heterocycles. The van der Waals surface area contributed by atoms with Crippen LogP contribution in [0.5, 0.6) is 0 Å². The Balaban J connectivity index is 0.000000686. The second kappa shape index (κ2) is 7.17. The third-order valence-corrected chi connectivity index (χ3v) is 2.83. The van der Waals surface area contributed by atoms with Gasteiger partial charge < -0.3 is 15.1 Å². The highest BCUT2D eigenvalue weighted by molar-refractivity contribution is 5.59. The van der Waals surface area contributed by atoms with Crippen LogP contribution in [0.3, 0.4) is 0 Å². The molecule has 1 fully saturated rings. The van der Waals surface area contributed by atoms with E-state index in [2.05, 4.69) is 53.5 Å². The predicted molar refractivity (Wildman–Crippen MR) is 77.2 cm³/mol. The number of rotatable bonds is 2. The first-order chi connectivity index (χ1) is 8.27. The Hall–Kier alpha value is -1.22. The Morgan fingerprint density at radius 3 is 2.35 bits per heavy atom. The Morgan fingerprint density at radius 2 is 1.76 bits per heavy atom. The fourth-order valence-corrected chi connectivity index (χ4v) is 1.89. The van der Waals surface area contributed by atoms with E-state index in [9.17, 15) is 0 Å². The average Bonchev–Trinajstić information content (AvgIpc) is 2.42. The molecule has 1 aliphatic rings. The molecule has 2 rings (SSSR count). The molecule has 0 unspecified atom stereocenters. The third kappa shape index (κ3) is 3.93. The van der Waals surface area contributed by atoms with Crippen molar-refractivity contribution in [2.75, 3.05) is 50.1 Å². The van der Waals surface area contributed by atoms with Gasteiger partial charge in [-0.2, -0.15) is 0 Å². The molecule has 96 valence electrons. The summed E-state index contributed by atoms with van der Waals surface area (Å²) in [7, 11) is 4.16. The fourth-order valence-electron chi connectivity index (χ4n) is 1.89. The second-order valence-electron chi connectivity index (χ2n) is 4.15. The number of nitrogens with one attached hydrogen (secondary N) is 1. The van der Waals surface area contributed by atoms with Gasteiger partial charge in [-0.1, -0.05) is 19.9 Å². The van der Waals surface area contributed by atoms with Crippen LogP contribution in [0.4, 0.5) is 11.4 Å². The first kappa shape index (κ1) is 13.8. The summed E-state index contributed by atoms with van der Waals surface area (Å²) in [4.78, 5) is 4.58. The summed E-state index contributed by atoms with van der Waals surface area (Å²) in [5, 5.41) is 3.37. The van der Waals surface area contributed by atoms with E-state index >= 15 is 0 Å². The average molecular weight is 235 g/mol. The molecule has 0 spiro atoms. The van der Waals surface area contributed by atoms with Crippen molar-refractivity contribution in [3.63, 3.8) is 0 Å². The maximum absolute atomic E-state index is 3.37. The van der Waals surface area contributed by atoms with E-state index in [1.165, 1.54) is 11.4 Å². The lowest BCUT2D eigenvalue weighted by Gasteiger charge is -2.30. The van der Waals surface area contributed by atoms with E-state index in [1.54, 1.807) is 0 Å². The highest BCUT2D eigenvalue weighted by atomic mass is 15.2. The van der Waals surface area contributed by atoms with Crippen LogP contribution >= 0.6 is 0 Å². The number of benzene rings is 1. The van der Waals surface area contributed by atoms with E-state index in [4.69, 9.17) is 0 Å². The van der Waals surface area contributed by atoms with Crippen molar-refractivity contribution in [2.45, 2.75) is 13.8 Å². The van der Waals surface area contributed by atoms with Gasteiger partial charge in [0.1, 0.15) is 0 Å². The highest BCUT2D eigenvalue weighted by Crippen LogP contribution is 2.21. The van der Waals surface area contributed by atoms with Gasteiger partial charge in [0.2, 0.25) is 0 Å². The standard InChI is InChI=1S/C12H19N3.C2H6/c1-14(2)11-4-3-5-12(10-11)15-8-6-13-7-9-15;1-2/h3-5,10,13H,6-9H2,1-2H3;1-2H3.